The van der Waals surface area contributed by atoms with Crippen LogP contribution < -0.4 is 21.7 Å². The van der Waals surface area contributed by atoms with Gasteiger partial charge in [0.05, 0.1) is 12.1 Å². The first-order valence-corrected chi connectivity index (χ1v) is 10.7. The van der Waals surface area contributed by atoms with Crippen molar-refractivity contribution in [1.29, 1.82) is 0 Å². The average Bonchev–Trinajstić information content (AvgIpc) is 2.66. The van der Waals surface area contributed by atoms with E-state index in [4.69, 9.17) is 5.73 Å². The molecule has 0 aliphatic carbocycles. The number of aliphatic carboxylic acids is 1. The lowest BCUT2D eigenvalue weighted by molar-refractivity contribution is -0.143. The fraction of sp³-hybridized carbons (Fsp3) is 0.789. The summed E-state index contributed by atoms with van der Waals surface area (Å²) >= 11 is 3.92. The maximum absolute atomic E-state index is 12.8. The fourth-order valence-corrected chi connectivity index (χ4v) is 2.81. The van der Waals surface area contributed by atoms with E-state index in [2.05, 4.69) is 28.6 Å². The number of carboxylic acids is 1. The maximum atomic E-state index is 12.8. The quantitative estimate of drug-likeness (QED) is 0.182. The molecule has 0 saturated carbocycles. The molecule has 7 N–H and O–H groups in total. The van der Waals surface area contributed by atoms with Crippen LogP contribution >= 0.6 is 12.6 Å². The molecule has 0 aliphatic rings. The number of carbonyl (C=O) groups excluding carboxylic acids is 3. The third-order valence-corrected chi connectivity index (χ3v) is 5.10. The maximum Gasteiger partial charge on any atom is 0.326 e. The Bertz CT molecular complexity index is 602. The summed E-state index contributed by atoms with van der Waals surface area (Å²) in [6.45, 7) is 8.54. The Balaban J connectivity index is 5.46. The Labute approximate surface area is 183 Å². The summed E-state index contributed by atoms with van der Waals surface area (Å²) in [6.07, 6.45) is -0.498. The van der Waals surface area contributed by atoms with Crippen LogP contribution in [0, 0.1) is 11.8 Å². The Morgan fingerprint density at radius 3 is 1.83 bits per heavy atom. The lowest BCUT2D eigenvalue weighted by Gasteiger charge is -2.29. The summed E-state index contributed by atoms with van der Waals surface area (Å²) < 4.78 is 0. The monoisotopic (exact) mass is 448 g/mol. The minimum Gasteiger partial charge on any atom is -0.480 e. The standard InChI is InChI=1S/C19H36N4O6S/c1-6-10(4)14(17(26)21-13(19(28)29)7-9(2)3)22-18(27)15(11(5)24)23-16(25)12(20)8-30/h9-15,24,30H,6-8,20H2,1-5H3,(H,21,26)(H,22,27)(H,23,25)(H,28,29). The molecule has 0 bridgehead atoms. The third kappa shape index (κ3) is 9.31. The number of hydrogen-bond donors (Lipinski definition) is 7. The molecule has 0 rings (SSSR count). The number of hydrogen-bond acceptors (Lipinski definition) is 7. The first-order valence-electron chi connectivity index (χ1n) is 10.0. The number of amides is 3. The van der Waals surface area contributed by atoms with E-state index in [1.54, 1.807) is 6.92 Å². The summed E-state index contributed by atoms with van der Waals surface area (Å²) in [5, 5.41) is 26.7. The van der Waals surface area contributed by atoms with Crippen LogP contribution in [0.2, 0.25) is 0 Å². The van der Waals surface area contributed by atoms with Crippen LogP contribution in [0.5, 0.6) is 0 Å². The van der Waals surface area contributed by atoms with Crippen molar-refractivity contribution in [3.05, 3.63) is 0 Å². The van der Waals surface area contributed by atoms with Crippen molar-refractivity contribution in [3.63, 3.8) is 0 Å². The lowest BCUT2D eigenvalue weighted by Crippen LogP contribution is -2.61. The lowest BCUT2D eigenvalue weighted by atomic mass is 9.96. The van der Waals surface area contributed by atoms with Crippen molar-refractivity contribution in [1.82, 2.24) is 16.0 Å². The first kappa shape index (κ1) is 28.1. The van der Waals surface area contributed by atoms with Gasteiger partial charge < -0.3 is 31.9 Å². The van der Waals surface area contributed by atoms with Crippen LogP contribution in [0.1, 0.15) is 47.5 Å². The van der Waals surface area contributed by atoms with Crippen LogP contribution in [-0.4, -0.2) is 69.9 Å². The summed E-state index contributed by atoms with van der Waals surface area (Å²) in [6, 6.07) is -4.45. The second-order valence-corrected chi connectivity index (χ2v) is 8.28. The van der Waals surface area contributed by atoms with E-state index in [1.807, 2.05) is 20.8 Å². The van der Waals surface area contributed by atoms with Crippen LogP contribution in [0.3, 0.4) is 0 Å². The highest BCUT2D eigenvalue weighted by Gasteiger charge is 2.34. The molecule has 0 aliphatic heterocycles. The largest absolute Gasteiger partial charge is 0.480 e. The van der Waals surface area contributed by atoms with E-state index in [9.17, 15) is 29.4 Å². The molecule has 10 nitrogen and oxygen atoms in total. The van der Waals surface area contributed by atoms with Crippen molar-refractivity contribution in [2.75, 3.05) is 5.75 Å². The molecule has 0 radical (unpaired) electrons. The highest BCUT2D eigenvalue weighted by atomic mass is 32.1. The van der Waals surface area contributed by atoms with Crippen LogP contribution in [0.25, 0.3) is 0 Å². The van der Waals surface area contributed by atoms with E-state index in [-0.39, 0.29) is 24.0 Å². The molecule has 0 heterocycles. The average molecular weight is 449 g/mol. The zero-order valence-corrected chi connectivity index (χ0v) is 19.1. The summed E-state index contributed by atoms with van der Waals surface area (Å²) in [5.74, 6) is -3.50. The minimum absolute atomic E-state index is 0.0360. The van der Waals surface area contributed by atoms with Gasteiger partial charge in [-0.1, -0.05) is 34.1 Å². The zero-order valence-electron chi connectivity index (χ0n) is 18.2. The van der Waals surface area contributed by atoms with E-state index >= 15 is 0 Å². The number of nitrogens with one attached hydrogen (secondary N) is 3. The number of thiol groups is 1. The molecule has 6 unspecified atom stereocenters. The number of carboxylic acid groups (broad SMARTS) is 1. The Hall–Kier alpha value is -1.85. The Morgan fingerprint density at radius 2 is 1.43 bits per heavy atom. The van der Waals surface area contributed by atoms with Crippen molar-refractivity contribution in [3.8, 4) is 0 Å². The molecular formula is C19H36N4O6S. The normalized spacial score (nSPS) is 17.2. The fourth-order valence-electron chi connectivity index (χ4n) is 2.65. The molecule has 0 aromatic carbocycles. The SMILES string of the molecule is CCC(C)C(NC(=O)C(NC(=O)C(N)CS)C(C)O)C(=O)NC(CC(C)C)C(=O)O. The van der Waals surface area contributed by atoms with Gasteiger partial charge in [0.15, 0.2) is 0 Å². The predicted octanol–water partition coefficient (Wildman–Crippen LogP) is -0.744. The van der Waals surface area contributed by atoms with Gasteiger partial charge in [0.2, 0.25) is 17.7 Å². The molecule has 11 heteroatoms. The van der Waals surface area contributed by atoms with Crippen molar-refractivity contribution in [2.45, 2.75) is 77.7 Å². The van der Waals surface area contributed by atoms with Crippen molar-refractivity contribution < 1.29 is 29.4 Å². The van der Waals surface area contributed by atoms with Crippen molar-refractivity contribution >= 4 is 36.3 Å². The van der Waals surface area contributed by atoms with Gasteiger partial charge in [-0.2, -0.15) is 12.6 Å². The zero-order chi connectivity index (χ0) is 23.6. The third-order valence-electron chi connectivity index (χ3n) is 4.71. The summed E-state index contributed by atoms with van der Waals surface area (Å²) in [4.78, 5) is 49.0. The molecule has 3 amide bonds. The minimum atomic E-state index is -1.34. The molecule has 6 atom stereocenters. The van der Waals surface area contributed by atoms with E-state index in [1.165, 1.54) is 6.92 Å². The molecule has 0 aromatic heterocycles. The Kier molecular flexibility index (Phi) is 12.6. The number of nitrogens with two attached hydrogens (primary N) is 1. The second kappa shape index (κ2) is 13.5. The van der Waals surface area contributed by atoms with E-state index < -0.39 is 54.0 Å². The van der Waals surface area contributed by atoms with Gasteiger partial charge in [-0.25, -0.2) is 4.79 Å². The van der Waals surface area contributed by atoms with Crippen LogP contribution in [-0.2, 0) is 19.2 Å². The highest BCUT2D eigenvalue weighted by Crippen LogP contribution is 2.11. The predicted molar refractivity (Wildman–Crippen MR) is 116 cm³/mol. The van der Waals surface area contributed by atoms with Gasteiger partial charge in [0.1, 0.15) is 18.1 Å². The number of carbonyl (C=O) groups is 4. The van der Waals surface area contributed by atoms with Crippen molar-refractivity contribution in [2.24, 2.45) is 17.6 Å². The molecular weight excluding hydrogens is 412 g/mol. The van der Waals surface area contributed by atoms with Gasteiger partial charge in [0, 0.05) is 5.75 Å². The van der Waals surface area contributed by atoms with Crippen LogP contribution in [0.4, 0.5) is 0 Å². The molecule has 0 fully saturated rings. The molecule has 0 spiro atoms. The van der Waals surface area contributed by atoms with Gasteiger partial charge in [-0.05, 0) is 25.2 Å². The topological polar surface area (TPSA) is 171 Å². The smallest absolute Gasteiger partial charge is 0.326 e. The molecule has 174 valence electrons. The highest BCUT2D eigenvalue weighted by molar-refractivity contribution is 7.80. The molecule has 0 saturated heterocycles. The first-order chi connectivity index (χ1) is 13.8. The number of rotatable bonds is 13. The molecule has 0 aromatic rings. The molecule has 30 heavy (non-hydrogen) atoms. The second-order valence-electron chi connectivity index (χ2n) is 7.92. The van der Waals surface area contributed by atoms with Gasteiger partial charge in [-0.3, -0.25) is 14.4 Å². The summed E-state index contributed by atoms with van der Waals surface area (Å²) in [5.41, 5.74) is 5.59. The van der Waals surface area contributed by atoms with Gasteiger partial charge in [0.25, 0.3) is 0 Å². The summed E-state index contributed by atoms with van der Waals surface area (Å²) in [7, 11) is 0. The number of aliphatic hydroxyl groups is 1. The van der Waals surface area contributed by atoms with Gasteiger partial charge in [-0.15, -0.1) is 0 Å². The number of aliphatic hydroxyl groups excluding tert-OH is 1. The van der Waals surface area contributed by atoms with E-state index in [0.717, 1.165) is 0 Å². The van der Waals surface area contributed by atoms with E-state index in [0.29, 0.717) is 6.42 Å². The Morgan fingerprint density at radius 1 is 0.933 bits per heavy atom. The van der Waals surface area contributed by atoms with Crippen LogP contribution in [0.15, 0.2) is 0 Å². The van der Waals surface area contributed by atoms with Gasteiger partial charge >= 0.3 is 5.97 Å².